The van der Waals surface area contributed by atoms with Crippen LogP contribution in [0.5, 0.6) is 0 Å². The highest BCUT2D eigenvalue weighted by atomic mass is 79.9. The zero-order valence-electron chi connectivity index (χ0n) is 18.9. The van der Waals surface area contributed by atoms with Crippen LogP contribution in [0.2, 0.25) is 0 Å². The largest absolute Gasteiger partial charge is 0.326 e. The zero-order chi connectivity index (χ0) is 20.1. The number of amidine groups is 1. The number of halogens is 4. The molecule has 31 heavy (non-hydrogen) atoms. The fourth-order valence-electron chi connectivity index (χ4n) is 3.98. The molecule has 0 saturated heterocycles. The van der Waals surface area contributed by atoms with E-state index in [1.165, 1.54) is 22.0 Å². The quantitative estimate of drug-likeness (QED) is 0.331. The van der Waals surface area contributed by atoms with Gasteiger partial charge in [-0.3, -0.25) is 4.99 Å². The average Bonchev–Trinajstić information content (AvgIpc) is 2.99. The Morgan fingerprint density at radius 1 is 0.935 bits per heavy atom. The van der Waals surface area contributed by atoms with Crippen LogP contribution < -0.4 is 4.90 Å². The minimum Gasteiger partial charge on any atom is -0.326 e. The van der Waals surface area contributed by atoms with E-state index < -0.39 is 0 Å². The maximum Gasteiger partial charge on any atom is 0.136 e. The van der Waals surface area contributed by atoms with E-state index in [0.29, 0.717) is 0 Å². The SMILES string of the molecule is CCN(CC)CCCN1/C(=N\CCCN(C)C)c2cccc3c(Br)ccc1c23.Cl.Cl.Cl. The molecule has 1 heterocycles. The highest BCUT2D eigenvalue weighted by Gasteiger charge is 2.28. The zero-order valence-corrected chi connectivity index (χ0v) is 23.0. The lowest BCUT2D eigenvalue weighted by atomic mass is 10.1. The number of hydrogen-bond donors (Lipinski definition) is 0. The topological polar surface area (TPSA) is 22.1 Å². The first-order valence-electron chi connectivity index (χ1n) is 10.5. The molecule has 0 aromatic heterocycles. The predicted molar refractivity (Wildman–Crippen MR) is 148 cm³/mol. The monoisotopic (exact) mass is 552 g/mol. The first-order chi connectivity index (χ1) is 13.6. The molecule has 2 aromatic rings. The molecule has 0 atom stereocenters. The number of hydrogen-bond acceptors (Lipinski definition) is 3. The van der Waals surface area contributed by atoms with Gasteiger partial charge < -0.3 is 14.7 Å². The van der Waals surface area contributed by atoms with Crippen LogP contribution in [0.15, 0.2) is 39.8 Å². The average molecular weight is 555 g/mol. The van der Waals surface area contributed by atoms with E-state index in [4.69, 9.17) is 4.99 Å². The third-order valence-corrected chi connectivity index (χ3v) is 6.22. The highest BCUT2D eigenvalue weighted by Crippen LogP contribution is 2.40. The molecule has 176 valence electrons. The standard InChI is InChI=1S/C23H33BrN4.3ClH/c1-5-27(6-2)16-9-17-28-21-13-12-20(24)18-10-7-11-19(22(18)21)23(28)25-14-8-15-26(3)4;;;/h7,10-13H,5-6,8-9,14-17H2,1-4H3;3*1H/b25-23-;;;. The molecule has 4 nitrogen and oxygen atoms in total. The summed E-state index contributed by atoms with van der Waals surface area (Å²) in [6.45, 7) is 10.8. The molecular formula is C23H36BrCl3N4. The van der Waals surface area contributed by atoms with Crippen LogP contribution in [0.25, 0.3) is 10.8 Å². The van der Waals surface area contributed by atoms with E-state index in [2.05, 4.69) is 88.9 Å². The minimum atomic E-state index is 0. The fourth-order valence-corrected chi connectivity index (χ4v) is 4.45. The summed E-state index contributed by atoms with van der Waals surface area (Å²) in [6, 6.07) is 11.0. The molecule has 1 aliphatic heterocycles. The van der Waals surface area contributed by atoms with Gasteiger partial charge in [-0.05, 0) is 70.6 Å². The number of rotatable bonds is 10. The first kappa shape index (κ1) is 30.4. The number of anilines is 1. The Hall–Kier alpha value is -0.560. The molecule has 2 aromatic carbocycles. The Bertz CT molecular complexity index is 841. The van der Waals surface area contributed by atoms with Gasteiger partial charge in [-0.2, -0.15) is 0 Å². The van der Waals surface area contributed by atoms with Crippen molar-refractivity contribution in [1.29, 1.82) is 0 Å². The molecular weight excluding hydrogens is 519 g/mol. The van der Waals surface area contributed by atoms with Crippen LogP contribution in [0.3, 0.4) is 0 Å². The summed E-state index contributed by atoms with van der Waals surface area (Å²) in [5.41, 5.74) is 2.58. The van der Waals surface area contributed by atoms with Crippen molar-refractivity contribution >= 4 is 75.4 Å². The lowest BCUT2D eigenvalue weighted by Gasteiger charge is -2.24. The molecule has 0 N–H and O–H groups in total. The molecule has 0 unspecified atom stereocenters. The van der Waals surface area contributed by atoms with Gasteiger partial charge in [0.15, 0.2) is 0 Å². The van der Waals surface area contributed by atoms with Gasteiger partial charge in [0.1, 0.15) is 5.84 Å². The van der Waals surface area contributed by atoms with Crippen LogP contribution in [0.4, 0.5) is 5.69 Å². The number of aliphatic imine (C=N–C) groups is 1. The van der Waals surface area contributed by atoms with Gasteiger partial charge in [0.25, 0.3) is 0 Å². The molecule has 0 amide bonds. The summed E-state index contributed by atoms with van der Waals surface area (Å²) in [6.07, 6.45) is 2.23. The van der Waals surface area contributed by atoms with Gasteiger partial charge in [0, 0.05) is 28.5 Å². The third kappa shape index (κ3) is 7.21. The Labute approximate surface area is 214 Å². The van der Waals surface area contributed by atoms with Crippen LogP contribution >= 0.6 is 53.2 Å². The second-order valence-electron chi connectivity index (χ2n) is 7.69. The van der Waals surface area contributed by atoms with Gasteiger partial charge in [-0.1, -0.05) is 48.0 Å². The summed E-state index contributed by atoms with van der Waals surface area (Å²) in [7, 11) is 4.24. The van der Waals surface area contributed by atoms with Crippen molar-refractivity contribution in [3.8, 4) is 0 Å². The van der Waals surface area contributed by atoms with Crippen LogP contribution in [0, 0.1) is 0 Å². The molecule has 0 radical (unpaired) electrons. The van der Waals surface area contributed by atoms with E-state index >= 15 is 0 Å². The van der Waals surface area contributed by atoms with Crippen LogP contribution in [0.1, 0.15) is 32.3 Å². The maximum absolute atomic E-state index is 5.07. The summed E-state index contributed by atoms with van der Waals surface area (Å²) in [5.74, 6) is 1.15. The number of benzene rings is 2. The van der Waals surface area contributed by atoms with E-state index in [9.17, 15) is 0 Å². The molecule has 0 aliphatic carbocycles. The molecule has 8 heteroatoms. The predicted octanol–water partition coefficient (Wildman–Crippen LogP) is 6.12. The van der Waals surface area contributed by atoms with E-state index in [-0.39, 0.29) is 37.2 Å². The summed E-state index contributed by atoms with van der Waals surface area (Å²) in [4.78, 5) is 12.2. The van der Waals surface area contributed by atoms with E-state index in [1.807, 2.05) is 0 Å². The van der Waals surface area contributed by atoms with E-state index in [1.54, 1.807) is 0 Å². The van der Waals surface area contributed by atoms with E-state index in [0.717, 1.165) is 62.4 Å². The summed E-state index contributed by atoms with van der Waals surface area (Å²) < 4.78 is 1.16. The first-order valence-corrected chi connectivity index (χ1v) is 11.3. The van der Waals surface area contributed by atoms with Gasteiger partial charge in [0.2, 0.25) is 0 Å². The van der Waals surface area contributed by atoms with Gasteiger partial charge in [0.05, 0.1) is 5.69 Å². The number of nitrogens with zero attached hydrogens (tertiary/aromatic N) is 4. The molecule has 0 saturated carbocycles. The molecule has 0 fully saturated rings. The molecule has 0 bridgehead atoms. The lowest BCUT2D eigenvalue weighted by Crippen LogP contribution is -2.32. The minimum absolute atomic E-state index is 0. The Balaban J connectivity index is 0.00000300. The fraction of sp³-hybridized carbons (Fsp3) is 0.522. The lowest BCUT2D eigenvalue weighted by molar-refractivity contribution is 0.302. The van der Waals surface area contributed by atoms with Crippen LogP contribution in [-0.2, 0) is 0 Å². The van der Waals surface area contributed by atoms with Crippen molar-refractivity contribution in [3.05, 3.63) is 40.4 Å². The van der Waals surface area contributed by atoms with Crippen molar-refractivity contribution in [2.24, 2.45) is 4.99 Å². The van der Waals surface area contributed by atoms with Crippen molar-refractivity contribution in [2.45, 2.75) is 26.7 Å². The van der Waals surface area contributed by atoms with Crippen molar-refractivity contribution < 1.29 is 0 Å². The molecule has 3 rings (SSSR count). The Kier molecular flexibility index (Phi) is 14.3. The molecule has 0 spiro atoms. The maximum atomic E-state index is 5.07. The van der Waals surface area contributed by atoms with Crippen molar-refractivity contribution in [1.82, 2.24) is 9.80 Å². The van der Waals surface area contributed by atoms with Gasteiger partial charge >= 0.3 is 0 Å². The van der Waals surface area contributed by atoms with Crippen LogP contribution in [-0.4, -0.2) is 69.0 Å². The van der Waals surface area contributed by atoms with Crippen molar-refractivity contribution in [3.63, 3.8) is 0 Å². The Morgan fingerprint density at radius 2 is 1.65 bits per heavy atom. The van der Waals surface area contributed by atoms with Gasteiger partial charge in [-0.15, -0.1) is 37.2 Å². The highest BCUT2D eigenvalue weighted by molar-refractivity contribution is 9.10. The second-order valence-corrected chi connectivity index (χ2v) is 8.54. The summed E-state index contributed by atoms with van der Waals surface area (Å²) in [5, 5.41) is 2.62. The Morgan fingerprint density at radius 3 is 2.29 bits per heavy atom. The normalized spacial score (nSPS) is 13.5. The second kappa shape index (κ2) is 14.6. The summed E-state index contributed by atoms with van der Waals surface area (Å²) >= 11 is 3.73. The van der Waals surface area contributed by atoms with Gasteiger partial charge in [-0.25, -0.2) is 0 Å². The third-order valence-electron chi connectivity index (χ3n) is 5.53. The smallest absolute Gasteiger partial charge is 0.136 e. The molecule has 1 aliphatic rings. The van der Waals surface area contributed by atoms with Crippen molar-refractivity contribution in [2.75, 3.05) is 58.3 Å².